The summed E-state index contributed by atoms with van der Waals surface area (Å²) < 4.78 is 44.5. The van der Waals surface area contributed by atoms with Crippen LogP contribution in [-0.2, 0) is 20.5 Å². The lowest BCUT2D eigenvalue weighted by atomic mass is 10.1. The van der Waals surface area contributed by atoms with E-state index < -0.39 is 53.1 Å². The fourth-order valence-electron chi connectivity index (χ4n) is 2.58. The number of hydrogen-bond donors (Lipinski definition) is 3. The van der Waals surface area contributed by atoms with Gasteiger partial charge in [0.15, 0.2) is 0 Å². The largest absolute Gasteiger partial charge is 0.478 e. The van der Waals surface area contributed by atoms with Gasteiger partial charge >= 0.3 is 18.1 Å². The van der Waals surface area contributed by atoms with Gasteiger partial charge in [-0.1, -0.05) is 6.07 Å². The maximum absolute atomic E-state index is 13.3. The Bertz CT molecular complexity index is 819. The molecular formula is C16H15F3N2O6. The van der Waals surface area contributed by atoms with E-state index in [9.17, 15) is 32.7 Å². The lowest BCUT2D eigenvalue weighted by Gasteiger charge is -2.18. The Hall–Kier alpha value is -3.08. The first kappa shape index (κ1) is 20.2. The fourth-order valence-corrected chi connectivity index (χ4v) is 2.58. The third kappa shape index (κ3) is 4.03. The normalized spacial score (nSPS) is 14.6. The van der Waals surface area contributed by atoms with Crippen LogP contribution in [0.2, 0.25) is 0 Å². The SMILES string of the molecule is COC(=O)C1=C(Nc2c(C(=O)O)cccc2C(F)(F)F)C(=O)N(CCO)C1. The van der Waals surface area contributed by atoms with Crippen LogP contribution in [0.4, 0.5) is 18.9 Å². The maximum atomic E-state index is 13.3. The number of β-amino-alcohol motifs (C(OH)–C–C–N with tert-alkyl or cyclic N) is 1. The van der Waals surface area contributed by atoms with Crippen molar-refractivity contribution in [1.29, 1.82) is 0 Å². The Morgan fingerprint density at radius 1 is 1.33 bits per heavy atom. The van der Waals surface area contributed by atoms with Crippen molar-refractivity contribution in [2.75, 3.05) is 32.1 Å². The zero-order chi connectivity index (χ0) is 20.4. The number of nitrogens with zero attached hydrogens (tertiary/aromatic N) is 1. The summed E-state index contributed by atoms with van der Waals surface area (Å²) in [6.07, 6.45) is -4.91. The lowest BCUT2D eigenvalue weighted by molar-refractivity contribution is -0.137. The van der Waals surface area contributed by atoms with Gasteiger partial charge in [0.1, 0.15) is 5.70 Å². The predicted octanol–water partition coefficient (Wildman–Crippen LogP) is 1.08. The number of amides is 1. The quantitative estimate of drug-likeness (QED) is 0.625. The van der Waals surface area contributed by atoms with Gasteiger partial charge in [-0.15, -0.1) is 0 Å². The highest BCUT2D eigenvalue weighted by atomic mass is 19.4. The highest BCUT2D eigenvalue weighted by Gasteiger charge is 2.39. The molecule has 0 bridgehead atoms. The van der Waals surface area contributed by atoms with Gasteiger partial charge in [0, 0.05) is 6.54 Å². The molecule has 1 amide bonds. The number of ether oxygens (including phenoxy) is 1. The van der Waals surface area contributed by atoms with E-state index in [2.05, 4.69) is 10.1 Å². The standard InChI is InChI=1S/C16H15F3N2O6/c1-27-15(26)9-7-21(5-6-22)13(23)12(9)20-11-8(14(24)25)3-2-4-10(11)16(17,18)19/h2-4,20,22H,5-7H2,1H3,(H,24,25). The number of aliphatic hydroxyl groups excluding tert-OH is 1. The molecule has 0 atom stereocenters. The first-order valence-corrected chi connectivity index (χ1v) is 7.54. The van der Waals surface area contributed by atoms with Crippen LogP contribution in [0.3, 0.4) is 0 Å². The van der Waals surface area contributed by atoms with Gasteiger partial charge in [0.25, 0.3) is 5.91 Å². The Morgan fingerprint density at radius 2 is 2.00 bits per heavy atom. The second-order valence-electron chi connectivity index (χ2n) is 5.45. The van der Waals surface area contributed by atoms with E-state index in [0.717, 1.165) is 24.1 Å². The van der Waals surface area contributed by atoms with E-state index in [0.29, 0.717) is 6.07 Å². The molecule has 146 valence electrons. The van der Waals surface area contributed by atoms with E-state index in [-0.39, 0.29) is 18.7 Å². The summed E-state index contributed by atoms with van der Waals surface area (Å²) >= 11 is 0. The number of carbonyl (C=O) groups is 3. The van der Waals surface area contributed by atoms with Gasteiger partial charge in [0.05, 0.1) is 42.6 Å². The summed E-state index contributed by atoms with van der Waals surface area (Å²) in [7, 11) is 1.03. The molecule has 0 unspecified atom stereocenters. The predicted molar refractivity (Wildman–Crippen MR) is 84.7 cm³/mol. The van der Waals surface area contributed by atoms with Crippen LogP contribution >= 0.6 is 0 Å². The van der Waals surface area contributed by atoms with Crippen molar-refractivity contribution < 1.29 is 42.5 Å². The van der Waals surface area contributed by atoms with E-state index in [1.807, 2.05) is 0 Å². The van der Waals surface area contributed by atoms with Crippen molar-refractivity contribution in [1.82, 2.24) is 4.90 Å². The number of esters is 1. The summed E-state index contributed by atoms with van der Waals surface area (Å²) in [6, 6.07) is 2.50. The molecule has 8 nitrogen and oxygen atoms in total. The van der Waals surface area contributed by atoms with Crippen LogP contribution in [0.25, 0.3) is 0 Å². The average molecular weight is 388 g/mol. The van der Waals surface area contributed by atoms with Crippen molar-refractivity contribution in [2.24, 2.45) is 0 Å². The number of carbonyl (C=O) groups excluding carboxylic acids is 2. The van der Waals surface area contributed by atoms with Crippen LogP contribution in [0.1, 0.15) is 15.9 Å². The van der Waals surface area contributed by atoms with Crippen molar-refractivity contribution in [2.45, 2.75) is 6.18 Å². The van der Waals surface area contributed by atoms with Crippen LogP contribution in [0, 0.1) is 0 Å². The summed E-state index contributed by atoms with van der Waals surface area (Å²) in [5, 5.41) is 20.4. The smallest absolute Gasteiger partial charge is 0.418 e. The minimum absolute atomic E-state index is 0.169. The topological polar surface area (TPSA) is 116 Å². The third-order valence-corrected chi connectivity index (χ3v) is 3.80. The Labute approximate surface area is 150 Å². The molecule has 0 aromatic heterocycles. The molecule has 1 aromatic rings. The van der Waals surface area contributed by atoms with Crippen LogP contribution in [-0.4, -0.2) is 59.8 Å². The summed E-state index contributed by atoms with van der Waals surface area (Å²) in [5.41, 5.74) is -3.71. The number of aromatic carboxylic acids is 1. The minimum Gasteiger partial charge on any atom is -0.478 e. The van der Waals surface area contributed by atoms with Crippen LogP contribution in [0.5, 0.6) is 0 Å². The number of hydrogen-bond acceptors (Lipinski definition) is 6. The molecular weight excluding hydrogens is 373 g/mol. The van der Waals surface area contributed by atoms with Crippen molar-refractivity contribution in [3.63, 3.8) is 0 Å². The van der Waals surface area contributed by atoms with E-state index in [4.69, 9.17) is 5.11 Å². The highest BCUT2D eigenvalue weighted by Crippen LogP contribution is 2.38. The Balaban J connectivity index is 2.60. The number of carboxylic acids is 1. The number of aliphatic hydroxyl groups is 1. The summed E-state index contributed by atoms with van der Waals surface area (Å²) in [6.45, 7) is -0.908. The molecule has 27 heavy (non-hydrogen) atoms. The lowest BCUT2D eigenvalue weighted by Crippen LogP contribution is -2.31. The zero-order valence-corrected chi connectivity index (χ0v) is 14.0. The Kier molecular flexibility index (Phi) is 5.74. The number of rotatable bonds is 6. The summed E-state index contributed by atoms with van der Waals surface area (Å²) in [4.78, 5) is 36.7. The second-order valence-corrected chi connectivity index (χ2v) is 5.45. The molecule has 3 N–H and O–H groups in total. The number of benzene rings is 1. The van der Waals surface area contributed by atoms with Gasteiger partial charge in [-0.25, -0.2) is 9.59 Å². The number of nitrogens with one attached hydrogen (secondary N) is 1. The highest BCUT2D eigenvalue weighted by molar-refractivity contribution is 6.09. The van der Waals surface area contributed by atoms with Gasteiger partial charge in [-0.3, -0.25) is 4.79 Å². The van der Waals surface area contributed by atoms with Crippen molar-refractivity contribution in [3.05, 3.63) is 40.6 Å². The van der Waals surface area contributed by atoms with E-state index >= 15 is 0 Å². The molecule has 1 aliphatic heterocycles. The number of para-hydroxylation sites is 1. The average Bonchev–Trinajstić information content (AvgIpc) is 2.90. The molecule has 1 aromatic carbocycles. The number of anilines is 1. The zero-order valence-electron chi connectivity index (χ0n) is 14.0. The monoisotopic (exact) mass is 388 g/mol. The fraction of sp³-hybridized carbons (Fsp3) is 0.312. The van der Waals surface area contributed by atoms with Crippen molar-refractivity contribution in [3.8, 4) is 0 Å². The maximum Gasteiger partial charge on any atom is 0.418 e. The number of alkyl halides is 3. The minimum atomic E-state index is -4.91. The molecule has 0 saturated carbocycles. The number of methoxy groups -OCH3 is 1. The molecule has 0 saturated heterocycles. The van der Waals surface area contributed by atoms with Crippen LogP contribution < -0.4 is 5.32 Å². The molecule has 2 rings (SSSR count). The first-order valence-electron chi connectivity index (χ1n) is 7.54. The van der Waals surface area contributed by atoms with E-state index in [1.54, 1.807) is 0 Å². The first-order chi connectivity index (χ1) is 12.6. The number of carboxylic acid groups (broad SMARTS) is 1. The van der Waals surface area contributed by atoms with Gasteiger partial charge < -0.3 is 25.2 Å². The third-order valence-electron chi connectivity index (χ3n) is 3.80. The number of halogens is 3. The molecule has 1 heterocycles. The van der Waals surface area contributed by atoms with Crippen LogP contribution in [0.15, 0.2) is 29.5 Å². The molecule has 0 aliphatic carbocycles. The van der Waals surface area contributed by atoms with E-state index in [1.165, 1.54) is 0 Å². The molecule has 1 aliphatic rings. The van der Waals surface area contributed by atoms with Gasteiger partial charge in [-0.05, 0) is 12.1 Å². The Morgan fingerprint density at radius 3 is 2.52 bits per heavy atom. The van der Waals surface area contributed by atoms with Gasteiger partial charge in [0.2, 0.25) is 0 Å². The molecule has 11 heteroatoms. The molecule has 0 radical (unpaired) electrons. The molecule has 0 fully saturated rings. The second kappa shape index (κ2) is 7.66. The molecule has 0 spiro atoms. The van der Waals surface area contributed by atoms with Crippen molar-refractivity contribution >= 4 is 23.5 Å². The van der Waals surface area contributed by atoms with Gasteiger partial charge in [-0.2, -0.15) is 13.2 Å². The summed E-state index contributed by atoms with van der Waals surface area (Å²) in [5.74, 6) is -3.48.